The van der Waals surface area contributed by atoms with Crippen LogP contribution in [-0.4, -0.2) is 10.9 Å². The molecule has 0 saturated heterocycles. The van der Waals surface area contributed by atoms with Crippen molar-refractivity contribution < 1.29 is 0 Å². The molecule has 0 radical (unpaired) electrons. The van der Waals surface area contributed by atoms with Gasteiger partial charge in [-0.2, -0.15) is 0 Å². The highest BCUT2D eigenvalue weighted by Crippen LogP contribution is 2.50. The first-order valence-corrected chi connectivity index (χ1v) is 10.0. The van der Waals surface area contributed by atoms with Gasteiger partial charge in [-0.1, -0.05) is 78.0 Å². The Morgan fingerprint density at radius 3 is 2.69 bits per heavy atom. The van der Waals surface area contributed by atoms with Crippen LogP contribution in [0.2, 0.25) is 5.02 Å². The predicted molar refractivity (Wildman–Crippen MR) is 113 cm³/mol. The summed E-state index contributed by atoms with van der Waals surface area (Å²) in [6.45, 7) is 0. The average molecular weight is 382 g/mol. The quantitative estimate of drug-likeness (QED) is 0.272. The third-order valence-corrected chi connectivity index (χ3v) is 6.20. The number of hydrazine groups is 1. The second-order valence-corrected chi connectivity index (χ2v) is 7.91. The molecule has 26 heavy (non-hydrogen) atoms. The summed E-state index contributed by atoms with van der Waals surface area (Å²) in [6.07, 6.45) is 1.17. The fourth-order valence-corrected chi connectivity index (χ4v) is 4.56. The van der Waals surface area contributed by atoms with Crippen LogP contribution in [0, 0.1) is 5.92 Å². The third kappa shape index (κ3) is 3.73. The van der Waals surface area contributed by atoms with Crippen LogP contribution in [0.3, 0.4) is 0 Å². The highest BCUT2D eigenvalue weighted by molar-refractivity contribution is 8.13. The van der Waals surface area contributed by atoms with Crippen LogP contribution in [0.5, 0.6) is 0 Å². The van der Waals surface area contributed by atoms with E-state index >= 15 is 0 Å². The zero-order chi connectivity index (χ0) is 17.9. The van der Waals surface area contributed by atoms with Gasteiger partial charge in [-0.25, -0.2) is 10.8 Å². The van der Waals surface area contributed by atoms with Crippen LogP contribution in [0.4, 0.5) is 5.69 Å². The second kappa shape index (κ2) is 7.70. The molecule has 0 amide bonds. The number of aliphatic imine (C=N–C) groups is 1. The van der Waals surface area contributed by atoms with Crippen molar-refractivity contribution in [3.63, 3.8) is 0 Å². The van der Waals surface area contributed by atoms with Gasteiger partial charge in [0.25, 0.3) is 0 Å². The van der Waals surface area contributed by atoms with Gasteiger partial charge in [0.05, 0.1) is 5.69 Å². The summed E-state index contributed by atoms with van der Waals surface area (Å²) in [5.41, 5.74) is 4.94. The Bertz CT molecular complexity index is 951. The number of nitrogens with one attached hydrogen (secondary N) is 1. The Balaban J connectivity index is 1.45. The van der Waals surface area contributed by atoms with E-state index in [0.717, 1.165) is 27.0 Å². The Morgan fingerprint density at radius 2 is 1.85 bits per heavy atom. The van der Waals surface area contributed by atoms with Gasteiger partial charge in [0.15, 0.2) is 5.17 Å². The molecule has 0 heterocycles. The number of amidine groups is 1. The van der Waals surface area contributed by atoms with Crippen molar-refractivity contribution in [1.29, 1.82) is 0 Å². The summed E-state index contributed by atoms with van der Waals surface area (Å²) in [5, 5.41) is 3.91. The van der Waals surface area contributed by atoms with Gasteiger partial charge < -0.3 is 5.43 Å². The maximum Gasteiger partial charge on any atom is 0.176 e. The minimum Gasteiger partial charge on any atom is -0.303 e. The molecule has 0 spiro atoms. The number of halogens is 1. The van der Waals surface area contributed by atoms with Gasteiger partial charge in [-0.05, 0) is 41.3 Å². The van der Waals surface area contributed by atoms with Gasteiger partial charge >= 0.3 is 0 Å². The zero-order valence-electron chi connectivity index (χ0n) is 14.2. The maximum absolute atomic E-state index is 6.31. The molecule has 3 N–H and O–H groups in total. The van der Waals surface area contributed by atoms with Crippen molar-refractivity contribution in [3.8, 4) is 0 Å². The summed E-state index contributed by atoms with van der Waals surface area (Å²) in [6, 6.07) is 22.5. The molecule has 3 aromatic rings. The highest BCUT2D eigenvalue weighted by atomic mass is 35.5. The predicted octanol–water partition coefficient (Wildman–Crippen LogP) is 5.48. The van der Waals surface area contributed by atoms with Crippen molar-refractivity contribution >= 4 is 45.0 Å². The van der Waals surface area contributed by atoms with E-state index in [1.807, 2.05) is 36.4 Å². The van der Waals surface area contributed by atoms with Crippen LogP contribution in [0.15, 0.2) is 71.7 Å². The molecule has 1 aliphatic rings. The van der Waals surface area contributed by atoms with Crippen molar-refractivity contribution in [2.75, 3.05) is 5.75 Å². The molecular formula is C21H20ClN3S. The van der Waals surface area contributed by atoms with E-state index in [0.29, 0.717) is 11.8 Å². The van der Waals surface area contributed by atoms with Crippen LogP contribution in [0.1, 0.15) is 17.9 Å². The standard InChI is InChI=1S/C21H20ClN3S/c22-19-10-4-3-9-17(19)18-12-15(18)13-26-21(25-23)24-20-11-5-7-14-6-1-2-8-16(14)20/h1-11,15,18H,12-13,23H2,(H,24,25). The van der Waals surface area contributed by atoms with E-state index in [9.17, 15) is 0 Å². The van der Waals surface area contributed by atoms with E-state index in [4.69, 9.17) is 22.4 Å². The number of thioether (sulfide) groups is 1. The van der Waals surface area contributed by atoms with Gasteiger partial charge in [-0.15, -0.1) is 0 Å². The lowest BCUT2D eigenvalue weighted by atomic mass is 10.1. The Morgan fingerprint density at radius 1 is 1.08 bits per heavy atom. The fourth-order valence-electron chi connectivity index (χ4n) is 3.30. The molecular weight excluding hydrogens is 362 g/mol. The zero-order valence-corrected chi connectivity index (χ0v) is 15.8. The van der Waals surface area contributed by atoms with E-state index in [2.05, 4.69) is 35.8 Å². The van der Waals surface area contributed by atoms with E-state index in [1.54, 1.807) is 11.8 Å². The second-order valence-electron chi connectivity index (χ2n) is 6.49. The van der Waals surface area contributed by atoms with Crippen LogP contribution in [-0.2, 0) is 0 Å². The van der Waals surface area contributed by atoms with Gasteiger partial charge in [0, 0.05) is 16.2 Å². The first-order chi connectivity index (χ1) is 12.8. The molecule has 4 rings (SSSR count). The van der Waals surface area contributed by atoms with Gasteiger partial charge in [-0.3, -0.25) is 0 Å². The molecule has 0 aliphatic heterocycles. The molecule has 1 saturated carbocycles. The Labute approximate surface area is 162 Å². The van der Waals surface area contributed by atoms with E-state index < -0.39 is 0 Å². The maximum atomic E-state index is 6.31. The topological polar surface area (TPSA) is 50.4 Å². The molecule has 132 valence electrons. The van der Waals surface area contributed by atoms with E-state index in [1.165, 1.54) is 17.4 Å². The van der Waals surface area contributed by atoms with Crippen molar-refractivity contribution in [2.24, 2.45) is 16.8 Å². The first-order valence-electron chi connectivity index (χ1n) is 8.66. The number of nitrogens with zero attached hydrogens (tertiary/aromatic N) is 1. The number of hydrogen-bond acceptors (Lipinski definition) is 3. The van der Waals surface area contributed by atoms with Crippen molar-refractivity contribution in [1.82, 2.24) is 5.43 Å². The Hall–Kier alpha value is -2.01. The SMILES string of the molecule is NNC(=Nc1cccc2ccccc12)SCC1CC1c1ccccc1Cl. The molecule has 1 aliphatic carbocycles. The number of benzene rings is 3. The first kappa shape index (κ1) is 17.4. The largest absolute Gasteiger partial charge is 0.303 e. The summed E-state index contributed by atoms with van der Waals surface area (Å²) in [7, 11) is 0. The lowest BCUT2D eigenvalue weighted by molar-refractivity contribution is 0.930. The third-order valence-electron chi connectivity index (χ3n) is 4.77. The smallest absolute Gasteiger partial charge is 0.176 e. The molecule has 3 nitrogen and oxygen atoms in total. The van der Waals surface area contributed by atoms with Crippen LogP contribution < -0.4 is 11.3 Å². The molecule has 0 bridgehead atoms. The average Bonchev–Trinajstić information content (AvgIpc) is 3.45. The molecule has 5 heteroatoms. The molecule has 1 fully saturated rings. The summed E-state index contributed by atoms with van der Waals surface area (Å²) >= 11 is 7.99. The monoisotopic (exact) mass is 381 g/mol. The molecule has 2 unspecified atom stereocenters. The number of fused-ring (bicyclic) bond motifs is 1. The highest BCUT2D eigenvalue weighted by Gasteiger charge is 2.39. The van der Waals surface area contributed by atoms with Gasteiger partial charge in [0.1, 0.15) is 0 Å². The summed E-state index contributed by atoms with van der Waals surface area (Å²) in [4.78, 5) is 4.74. The summed E-state index contributed by atoms with van der Waals surface area (Å²) in [5.74, 6) is 7.86. The van der Waals surface area contributed by atoms with Crippen LogP contribution in [0.25, 0.3) is 10.8 Å². The minimum absolute atomic E-state index is 0.549. The number of nitrogens with two attached hydrogens (primary N) is 1. The molecule has 0 aromatic heterocycles. The number of hydrogen-bond donors (Lipinski definition) is 2. The minimum atomic E-state index is 0.549. The Kier molecular flexibility index (Phi) is 5.16. The summed E-state index contributed by atoms with van der Waals surface area (Å²) < 4.78 is 0. The van der Waals surface area contributed by atoms with Crippen LogP contribution >= 0.6 is 23.4 Å². The molecule has 3 aromatic carbocycles. The molecule has 2 atom stereocenters. The van der Waals surface area contributed by atoms with Crippen molar-refractivity contribution in [3.05, 3.63) is 77.3 Å². The normalized spacial score (nSPS) is 19.5. The van der Waals surface area contributed by atoms with E-state index in [-0.39, 0.29) is 0 Å². The fraction of sp³-hybridized carbons (Fsp3) is 0.190. The number of rotatable bonds is 4. The van der Waals surface area contributed by atoms with Crippen molar-refractivity contribution in [2.45, 2.75) is 12.3 Å². The lowest BCUT2D eigenvalue weighted by Crippen LogP contribution is -2.28. The lowest BCUT2D eigenvalue weighted by Gasteiger charge is -2.07. The van der Waals surface area contributed by atoms with Gasteiger partial charge in [0.2, 0.25) is 0 Å².